The van der Waals surface area contributed by atoms with Crippen molar-refractivity contribution in [2.24, 2.45) is 0 Å². The molecule has 0 aliphatic heterocycles. The van der Waals surface area contributed by atoms with Crippen LogP contribution in [0.25, 0.3) is 22.3 Å². The smallest absolute Gasteiger partial charge is 0.305 e. The van der Waals surface area contributed by atoms with Gasteiger partial charge in [-0.05, 0) is 57.3 Å². The molecular weight excluding hydrogens is 528 g/mol. The van der Waals surface area contributed by atoms with E-state index in [1.165, 1.54) is 0 Å². The van der Waals surface area contributed by atoms with Crippen LogP contribution >= 0.6 is 0 Å². The van der Waals surface area contributed by atoms with Crippen LogP contribution in [0, 0.1) is 0 Å². The van der Waals surface area contributed by atoms with E-state index in [1.807, 2.05) is 48.5 Å². The summed E-state index contributed by atoms with van der Waals surface area (Å²) >= 11 is 0. The number of fused-ring (bicyclic) bond motifs is 6. The highest BCUT2D eigenvalue weighted by Crippen LogP contribution is 2.68. The molecule has 2 aliphatic rings. The predicted octanol–water partition coefficient (Wildman–Crippen LogP) is 5.55. The summed E-state index contributed by atoms with van der Waals surface area (Å²) < 4.78 is 10.7. The molecule has 0 atom stereocenters. The van der Waals surface area contributed by atoms with Gasteiger partial charge in [0, 0.05) is 23.7 Å². The molecule has 2 aliphatic carbocycles. The van der Waals surface area contributed by atoms with E-state index in [-0.39, 0.29) is 51.2 Å². The van der Waals surface area contributed by atoms with Gasteiger partial charge in [0.2, 0.25) is 0 Å². The molecule has 6 rings (SSSR count). The summed E-state index contributed by atoms with van der Waals surface area (Å²) in [6, 6.07) is 33.5. The monoisotopic (exact) mass is 562 g/mol. The van der Waals surface area contributed by atoms with E-state index >= 15 is 0 Å². The van der Waals surface area contributed by atoms with Crippen molar-refractivity contribution in [2.45, 2.75) is 36.5 Å². The number of benzene rings is 4. The molecule has 0 aromatic heterocycles. The molecule has 0 fully saturated rings. The summed E-state index contributed by atoms with van der Waals surface area (Å²) in [6.07, 6.45) is 1.12. The Kier molecular flexibility index (Phi) is 7.67. The largest absolute Gasteiger partial charge is 0.463 e. The third-order valence-corrected chi connectivity index (χ3v) is 8.97. The van der Waals surface area contributed by atoms with Crippen LogP contribution in [0.1, 0.15) is 47.9 Å². The minimum atomic E-state index is -0.738. The standard InChI is InChI=1S/C36H34O6/c37-21-23-41-33(39)17-19-35(29-13-5-1-9-25(29)26-10-2-6-14-30(26)35)36(20-18-34(40)42-24-22-38)31-15-7-3-11-27(31)28-12-4-8-16-32(28)36/h1-16,37-38H,17-24H2. The van der Waals surface area contributed by atoms with Gasteiger partial charge in [-0.15, -0.1) is 0 Å². The quantitative estimate of drug-likeness (QED) is 0.233. The first-order valence-electron chi connectivity index (χ1n) is 14.5. The molecule has 0 saturated heterocycles. The second-order valence-corrected chi connectivity index (χ2v) is 10.9. The predicted molar refractivity (Wildman–Crippen MR) is 160 cm³/mol. The van der Waals surface area contributed by atoms with Crippen LogP contribution in [0.3, 0.4) is 0 Å². The maximum Gasteiger partial charge on any atom is 0.305 e. The summed E-state index contributed by atoms with van der Waals surface area (Å²) in [5, 5.41) is 18.6. The van der Waals surface area contributed by atoms with Crippen LogP contribution < -0.4 is 0 Å². The van der Waals surface area contributed by atoms with E-state index in [1.54, 1.807) is 0 Å². The first kappa shape index (κ1) is 27.9. The summed E-state index contributed by atoms with van der Waals surface area (Å²) in [4.78, 5) is 26.2. The van der Waals surface area contributed by atoms with Crippen LogP contribution in [0.2, 0.25) is 0 Å². The Labute approximate surface area is 245 Å². The van der Waals surface area contributed by atoms with E-state index in [0.717, 1.165) is 44.5 Å². The Morgan fingerprint density at radius 1 is 0.500 bits per heavy atom. The Morgan fingerprint density at radius 3 is 1.07 bits per heavy atom. The van der Waals surface area contributed by atoms with Crippen molar-refractivity contribution in [2.75, 3.05) is 26.4 Å². The van der Waals surface area contributed by atoms with Crippen molar-refractivity contribution in [3.8, 4) is 22.3 Å². The van der Waals surface area contributed by atoms with Crippen molar-refractivity contribution in [3.05, 3.63) is 119 Å². The van der Waals surface area contributed by atoms with Gasteiger partial charge in [0.1, 0.15) is 13.2 Å². The van der Waals surface area contributed by atoms with E-state index < -0.39 is 10.8 Å². The molecule has 214 valence electrons. The lowest BCUT2D eigenvalue weighted by Gasteiger charge is -2.50. The highest BCUT2D eigenvalue weighted by molar-refractivity contribution is 5.89. The molecule has 0 amide bonds. The van der Waals surface area contributed by atoms with Crippen LogP contribution in [-0.2, 0) is 29.9 Å². The summed E-state index contributed by atoms with van der Waals surface area (Å²) in [7, 11) is 0. The number of carbonyl (C=O) groups excluding carboxylic acids is 2. The third kappa shape index (κ3) is 4.25. The maximum absolute atomic E-state index is 13.1. The number of esters is 2. The topological polar surface area (TPSA) is 93.1 Å². The Hall–Kier alpha value is -4.26. The van der Waals surface area contributed by atoms with Crippen molar-refractivity contribution in [1.82, 2.24) is 0 Å². The number of rotatable bonds is 11. The molecule has 42 heavy (non-hydrogen) atoms. The van der Waals surface area contributed by atoms with Gasteiger partial charge in [0.25, 0.3) is 0 Å². The fourth-order valence-electron chi connectivity index (χ4n) is 7.58. The summed E-state index contributed by atoms with van der Waals surface area (Å²) in [5.74, 6) is -0.746. The molecule has 0 radical (unpaired) electrons. The number of ether oxygens (including phenoxy) is 2. The van der Waals surface area contributed by atoms with Crippen LogP contribution in [0.4, 0.5) is 0 Å². The molecule has 0 heterocycles. The molecule has 6 nitrogen and oxygen atoms in total. The molecule has 6 heteroatoms. The Balaban J connectivity index is 1.65. The Morgan fingerprint density at radius 2 is 0.786 bits per heavy atom. The van der Waals surface area contributed by atoms with Crippen LogP contribution in [-0.4, -0.2) is 48.6 Å². The average Bonchev–Trinajstić information content (AvgIpc) is 3.49. The van der Waals surface area contributed by atoms with Crippen molar-refractivity contribution in [3.63, 3.8) is 0 Å². The van der Waals surface area contributed by atoms with Crippen molar-refractivity contribution >= 4 is 11.9 Å². The second kappa shape index (κ2) is 11.6. The number of carbonyl (C=O) groups is 2. The molecule has 4 aromatic rings. The van der Waals surface area contributed by atoms with Crippen LogP contribution in [0.15, 0.2) is 97.1 Å². The first-order chi connectivity index (χ1) is 20.6. The number of aliphatic hydroxyl groups excluding tert-OH is 2. The van der Waals surface area contributed by atoms with E-state index in [9.17, 15) is 19.8 Å². The molecule has 2 N–H and O–H groups in total. The lowest BCUT2D eigenvalue weighted by Crippen LogP contribution is -2.49. The fraction of sp³-hybridized carbons (Fsp3) is 0.278. The lowest BCUT2D eigenvalue weighted by molar-refractivity contribution is -0.146. The zero-order chi connectivity index (χ0) is 29.2. The molecule has 0 unspecified atom stereocenters. The van der Waals surface area contributed by atoms with Gasteiger partial charge < -0.3 is 19.7 Å². The molecule has 0 spiro atoms. The van der Waals surface area contributed by atoms with Crippen LogP contribution in [0.5, 0.6) is 0 Å². The molecular formula is C36H34O6. The lowest BCUT2D eigenvalue weighted by atomic mass is 9.51. The van der Waals surface area contributed by atoms with E-state index in [2.05, 4.69) is 48.5 Å². The van der Waals surface area contributed by atoms with Gasteiger partial charge >= 0.3 is 11.9 Å². The number of hydrogen-bond acceptors (Lipinski definition) is 6. The van der Waals surface area contributed by atoms with Gasteiger partial charge in [-0.2, -0.15) is 0 Å². The number of aliphatic hydroxyl groups is 2. The third-order valence-electron chi connectivity index (χ3n) is 8.97. The minimum absolute atomic E-state index is 0.0491. The molecule has 4 aromatic carbocycles. The minimum Gasteiger partial charge on any atom is -0.463 e. The van der Waals surface area contributed by atoms with Gasteiger partial charge in [0.05, 0.1) is 13.2 Å². The average molecular weight is 563 g/mol. The second-order valence-electron chi connectivity index (χ2n) is 10.9. The highest BCUT2D eigenvalue weighted by Gasteiger charge is 2.61. The van der Waals surface area contributed by atoms with Crippen molar-refractivity contribution in [1.29, 1.82) is 0 Å². The molecule has 0 saturated carbocycles. The summed E-state index contributed by atoms with van der Waals surface area (Å²) in [5.41, 5.74) is 7.40. The number of hydrogen-bond donors (Lipinski definition) is 2. The maximum atomic E-state index is 13.1. The van der Waals surface area contributed by atoms with Crippen molar-refractivity contribution < 1.29 is 29.3 Å². The van der Waals surface area contributed by atoms with E-state index in [4.69, 9.17) is 9.47 Å². The van der Waals surface area contributed by atoms with Gasteiger partial charge in [0.15, 0.2) is 0 Å². The van der Waals surface area contributed by atoms with E-state index in [0.29, 0.717) is 12.8 Å². The summed E-state index contributed by atoms with van der Waals surface area (Å²) in [6.45, 7) is -0.564. The highest BCUT2D eigenvalue weighted by atomic mass is 16.5. The molecule has 0 bridgehead atoms. The fourth-order valence-corrected chi connectivity index (χ4v) is 7.58. The first-order valence-corrected chi connectivity index (χ1v) is 14.5. The SMILES string of the molecule is O=C(CCC1(C2(CCC(=O)OCCO)c3ccccc3-c3ccccc32)c2ccccc2-c2ccccc21)OCCO. The normalized spacial score (nSPS) is 14.8. The zero-order valence-electron chi connectivity index (χ0n) is 23.4. The van der Waals surface area contributed by atoms with Gasteiger partial charge in [-0.25, -0.2) is 0 Å². The van der Waals surface area contributed by atoms with Gasteiger partial charge in [-0.1, -0.05) is 97.1 Å². The Bertz CT molecular complexity index is 1410. The van der Waals surface area contributed by atoms with Gasteiger partial charge in [-0.3, -0.25) is 9.59 Å². The zero-order valence-corrected chi connectivity index (χ0v) is 23.4.